The molecule has 2 N–H and O–H groups in total. The van der Waals surface area contributed by atoms with Crippen LogP contribution in [0.25, 0.3) is 11.3 Å². The van der Waals surface area contributed by atoms with Crippen LogP contribution in [-0.4, -0.2) is 29.1 Å². The molecular weight excluding hydrogens is 320 g/mol. The number of hydrogen-bond donors (Lipinski definition) is 1. The number of nitrogens with zero attached hydrogens (tertiary/aromatic N) is 3. The summed E-state index contributed by atoms with van der Waals surface area (Å²) in [6.45, 7) is 8.20. The molecule has 5 heteroatoms. The second kappa shape index (κ2) is 7.08. The molecule has 1 fully saturated rings. The van der Waals surface area contributed by atoms with E-state index in [1.54, 1.807) is 6.20 Å². The molecule has 3 heterocycles. The van der Waals surface area contributed by atoms with Crippen LogP contribution in [0.5, 0.6) is 0 Å². The zero-order valence-electron chi connectivity index (χ0n) is 14.6. The van der Waals surface area contributed by atoms with Crippen molar-refractivity contribution in [3.8, 4) is 11.3 Å². The Morgan fingerprint density at radius 1 is 1.21 bits per heavy atom. The topological polar surface area (TPSA) is 55.0 Å². The first kappa shape index (κ1) is 17.2. The van der Waals surface area contributed by atoms with Gasteiger partial charge in [-0.1, -0.05) is 24.6 Å². The normalized spacial score (nSPS) is 15.8. The number of hydrogen-bond acceptors (Lipinski definition) is 4. The van der Waals surface area contributed by atoms with Crippen LogP contribution in [-0.2, 0) is 6.42 Å². The summed E-state index contributed by atoms with van der Waals surface area (Å²) in [6.07, 6.45) is 6.60. The maximum Gasteiger partial charge on any atom is 0.132 e. The highest BCUT2D eigenvalue weighted by molar-refractivity contribution is 6.33. The summed E-state index contributed by atoms with van der Waals surface area (Å²) < 4.78 is 0. The number of nitrogens with two attached hydrogens (primary N) is 1. The lowest BCUT2D eigenvalue weighted by molar-refractivity contribution is 0.498. The second-order valence-corrected chi connectivity index (χ2v) is 7.04. The van der Waals surface area contributed by atoms with E-state index in [4.69, 9.17) is 17.3 Å². The average molecular weight is 345 g/mol. The number of halogens is 1. The van der Waals surface area contributed by atoms with Crippen LogP contribution in [0.2, 0.25) is 5.02 Å². The molecule has 0 unspecified atom stereocenters. The Morgan fingerprint density at radius 2 is 1.92 bits per heavy atom. The van der Waals surface area contributed by atoms with Gasteiger partial charge in [0.15, 0.2) is 0 Å². The lowest BCUT2D eigenvalue weighted by atomic mass is 9.98. The molecule has 0 spiro atoms. The molecule has 1 aliphatic heterocycles. The molecule has 0 atom stereocenters. The second-order valence-electron chi connectivity index (χ2n) is 6.63. The van der Waals surface area contributed by atoms with Crippen molar-refractivity contribution in [3.05, 3.63) is 40.2 Å². The molecule has 0 aromatic carbocycles. The first-order chi connectivity index (χ1) is 11.5. The van der Waals surface area contributed by atoms with Crippen molar-refractivity contribution < 1.29 is 0 Å². The van der Waals surface area contributed by atoms with Gasteiger partial charge in [0.05, 0.1) is 10.7 Å². The van der Waals surface area contributed by atoms with E-state index in [2.05, 4.69) is 41.7 Å². The summed E-state index contributed by atoms with van der Waals surface area (Å²) >= 11 is 6.53. The molecule has 1 saturated heterocycles. The molecule has 0 saturated carbocycles. The Kier molecular flexibility index (Phi) is 5.07. The van der Waals surface area contributed by atoms with Gasteiger partial charge in [-0.25, -0.2) is 4.98 Å². The van der Waals surface area contributed by atoms with Gasteiger partial charge in [-0.3, -0.25) is 4.98 Å². The van der Waals surface area contributed by atoms with Crippen LogP contribution in [0.1, 0.15) is 36.5 Å². The summed E-state index contributed by atoms with van der Waals surface area (Å²) in [5.74, 6) is 1.01. The van der Waals surface area contributed by atoms with Crippen molar-refractivity contribution in [2.45, 2.75) is 46.1 Å². The molecule has 1 aliphatic rings. The number of piperidine rings is 1. The molecule has 0 bridgehead atoms. The van der Waals surface area contributed by atoms with E-state index in [0.717, 1.165) is 55.0 Å². The molecule has 24 heavy (non-hydrogen) atoms. The maximum absolute atomic E-state index is 6.53. The Morgan fingerprint density at radius 3 is 2.58 bits per heavy atom. The molecule has 0 amide bonds. The standard InChI is InChI=1S/C19H25ClN4/c1-4-14-9-12(2)10-22-18(14)17-13(3)19(23-11-16(17)20)24-7-5-15(21)6-8-24/h9-11,15H,4-8,21H2,1-3H3. The number of anilines is 1. The summed E-state index contributed by atoms with van der Waals surface area (Å²) in [4.78, 5) is 11.6. The van der Waals surface area contributed by atoms with Gasteiger partial charge in [-0.05, 0) is 44.2 Å². The van der Waals surface area contributed by atoms with Gasteiger partial charge in [-0.2, -0.15) is 0 Å². The van der Waals surface area contributed by atoms with E-state index < -0.39 is 0 Å². The van der Waals surface area contributed by atoms with Crippen molar-refractivity contribution in [1.82, 2.24) is 9.97 Å². The molecule has 0 aliphatic carbocycles. The van der Waals surface area contributed by atoms with Crippen LogP contribution >= 0.6 is 11.6 Å². The highest BCUT2D eigenvalue weighted by Gasteiger charge is 2.22. The third-order valence-corrected chi connectivity index (χ3v) is 5.10. The number of rotatable bonds is 3. The fraction of sp³-hybridized carbons (Fsp3) is 0.474. The first-order valence-electron chi connectivity index (χ1n) is 8.62. The Labute approximate surface area is 149 Å². The molecular formula is C19H25ClN4. The van der Waals surface area contributed by atoms with Gasteiger partial charge < -0.3 is 10.6 Å². The van der Waals surface area contributed by atoms with Crippen molar-refractivity contribution in [2.75, 3.05) is 18.0 Å². The SMILES string of the molecule is CCc1cc(C)cnc1-c1c(Cl)cnc(N2CCC(N)CC2)c1C. The van der Waals surface area contributed by atoms with Crippen LogP contribution < -0.4 is 10.6 Å². The molecule has 4 nitrogen and oxygen atoms in total. The third kappa shape index (κ3) is 3.26. The first-order valence-corrected chi connectivity index (χ1v) is 9.00. The summed E-state index contributed by atoms with van der Waals surface area (Å²) in [7, 11) is 0. The summed E-state index contributed by atoms with van der Waals surface area (Å²) in [5, 5.41) is 0.663. The smallest absolute Gasteiger partial charge is 0.132 e. The predicted molar refractivity (Wildman–Crippen MR) is 101 cm³/mol. The van der Waals surface area contributed by atoms with E-state index >= 15 is 0 Å². The molecule has 2 aromatic rings. The Hall–Kier alpha value is -1.65. The minimum atomic E-state index is 0.304. The van der Waals surface area contributed by atoms with Gasteiger partial charge in [-0.15, -0.1) is 0 Å². The van der Waals surface area contributed by atoms with Crippen LogP contribution in [0.15, 0.2) is 18.5 Å². The lowest BCUT2D eigenvalue weighted by Crippen LogP contribution is -2.40. The molecule has 3 rings (SSSR count). The van der Waals surface area contributed by atoms with Crippen molar-refractivity contribution in [3.63, 3.8) is 0 Å². The lowest BCUT2D eigenvalue weighted by Gasteiger charge is -2.32. The quantitative estimate of drug-likeness (QED) is 0.917. The van der Waals surface area contributed by atoms with E-state index in [1.165, 1.54) is 11.1 Å². The largest absolute Gasteiger partial charge is 0.356 e. The molecule has 128 valence electrons. The van der Waals surface area contributed by atoms with Crippen molar-refractivity contribution in [2.24, 2.45) is 5.73 Å². The summed E-state index contributed by atoms with van der Waals surface area (Å²) in [5.41, 5.74) is 11.5. The minimum absolute atomic E-state index is 0.304. The zero-order chi connectivity index (χ0) is 17.3. The van der Waals surface area contributed by atoms with Gasteiger partial charge in [0.2, 0.25) is 0 Å². The van der Waals surface area contributed by atoms with Gasteiger partial charge >= 0.3 is 0 Å². The van der Waals surface area contributed by atoms with Gasteiger partial charge in [0.1, 0.15) is 5.82 Å². The predicted octanol–water partition coefficient (Wildman–Crippen LogP) is 3.90. The van der Waals surface area contributed by atoms with Gasteiger partial charge in [0.25, 0.3) is 0 Å². The van der Waals surface area contributed by atoms with Crippen LogP contribution in [0, 0.1) is 13.8 Å². The Balaban J connectivity index is 2.07. The minimum Gasteiger partial charge on any atom is -0.356 e. The van der Waals surface area contributed by atoms with E-state index in [1.807, 2.05) is 6.20 Å². The van der Waals surface area contributed by atoms with Crippen LogP contribution in [0.4, 0.5) is 5.82 Å². The third-order valence-electron chi connectivity index (χ3n) is 4.81. The summed E-state index contributed by atoms with van der Waals surface area (Å²) in [6, 6.07) is 2.50. The number of aryl methyl sites for hydroxylation is 2. The maximum atomic E-state index is 6.53. The van der Waals surface area contributed by atoms with E-state index in [0.29, 0.717) is 11.1 Å². The fourth-order valence-corrected chi connectivity index (χ4v) is 3.70. The number of aromatic nitrogens is 2. The van der Waals surface area contributed by atoms with E-state index in [9.17, 15) is 0 Å². The molecule has 2 aromatic heterocycles. The number of pyridine rings is 2. The van der Waals surface area contributed by atoms with Gasteiger partial charge in [0, 0.05) is 42.7 Å². The fourth-order valence-electron chi connectivity index (χ4n) is 3.42. The average Bonchev–Trinajstić information content (AvgIpc) is 2.57. The van der Waals surface area contributed by atoms with Crippen LogP contribution in [0.3, 0.4) is 0 Å². The van der Waals surface area contributed by atoms with Crippen molar-refractivity contribution in [1.29, 1.82) is 0 Å². The zero-order valence-corrected chi connectivity index (χ0v) is 15.4. The van der Waals surface area contributed by atoms with E-state index in [-0.39, 0.29) is 0 Å². The highest BCUT2D eigenvalue weighted by atomic mass is 35.5. The van der Waals surface area contributed by atoms with Crippen molar-refractivity contribution >= 4 is 17.4 Å². The Bertz CT molecular complexity index is 736. The molecule has 0 radical (unpaired) electrons. The highest BCUT2D eigenvalue weighted by Crippen LogP contribution is 2.36. The monoisotopic (exact) mass is 344 g/mol.